The molecule has 0 aliphatic carbocycles. The number of imidazole rings is 1. The van der Waals surface area contributed by atoms with E-state index in [0.29, 0.717) is 5.56 Å². The first-order valence-corrected chi connectivity index (χ1v) is 11.6. The van der Waals surface area contributed by atoms with Crippen LogP contribution < -0.4 is 0 Å². The predicted octanol–water partition coefficient (Wildman–Crippen LogP) is 6.40. The highest BCUT2D eigenvalue weighted by atomic mass is 16.1. The number of aryl methyl sites for hydroxylation is 1. The summed E-state index contributed by atoms with van der Waals surface area (Å²) in [6.07, 6.45) is 3.31. The van der Waals surface area contributed by atoms with Crippen LogP contribution in [0.25, 0.3) is 21.9 Å². The van der Waals surface area contributed by atoms with Crippen molar-refractivity contribution in [2.24, 2.45) is 0 Å². The van der Waals surface area contributed by atoms with Crippen molar-refractivity contribution in [3.05, 3.63) is 108 Å². The highest BCUT2D eigenvalue weighted by Crippen LogP contribution is 2.29. The van der Waals surface area contributed by atoms with Crippen LogP contribution in [0.2, 0.25) is 0 Å². The van der Waals surface area contributed by atoms with Gasteiger partial charge in [-0.1, -0.05) is 92.2 Å². The third-order valence-corrected chi connectivity index (χ3v) is 6.10. The maximum Gasteiger partial charge on any atom is 0.168 e. The van der Waals surface area contributed by atoms with Gasteiger partial charge in [-0.05, 0) is 18.1 Å². The minimum Gasteiger partial charge on any atom is -0.323 e. The molecule has 0 spiro atoms. The van der Waals surface area contributed by atoms with E-state index < -0.39 is 0 Å². The van der Waals surface area contributed by atoms with Crippen LogP contribution in [0.4, 0.5) is 0 Å². The molecule has 3 aromatic carbocycles. The molecule has 0 unspecified atom stereocenters. The largest absolute Gasteiger partial charge is 0.323 e. The molecule has 0 fully saturated rings. The number of carbonyl (C=O) groups is 1. The average Bonchev–Trinajstić information content (AvgIpc) is 3.22. The maximum atomic E-state index is 13.1. The van der Waals surface area contributed by atoms with Crippen LogP contribution in [0.1, 0.15) is 47.2 Å². The van der Waals surface area contributed by atoms with E-state index in [1.54, 1.807) is 0 Å². The Morgan fingerprint density at radius 1 is 0.848 bits per heavy atom. The van der Waals surface area contributed by atoms with E-state index in [1.165, 1.54) is 5.56 Å². The number of nitrogens with zero attached hydrogens (tertiary/aromatic N) is 3. The lowest BCUT2D eigenvalue weighted by Gasteiger charge is -2.12. The van der Waals surface area contributed by atoms with Crippen molar-refractivity contribution >= 4 is 27.7 Å². The molecule has 0 aliphatic rings. The first-order valence-electron chi connectivity index (χ1n) is 11.6. The quantitative estimate of drug-likeness (QED) is 0.266. The Morgan fingerprint density at radius 3 is 2.30 bits per heavy atom. The van der Waals surface area contributed by atoms with Gasteiger partial charge in [0.1, 0.15) is 11.3 Å². The van der Waals surface area contributed by atoms with Crippen molar-refractivity contribution in [3.8, 4) is 0 Å². The molecule has 5 rings (SSSR count). The zero-order chi connectivity index (χ0) is 22.6. The molecule has 0 N–H and O–H groups in total. The van der Waals surface area contributed by atoms with Gasteiger partial charge < -0.3 is 4.57 Å². The van der Waals surface area contributed by atoms with Crippen molar-refractivity contribution < 1.29 is 4.79 Å². The number of hydrogen-bond acceptors (Lipinski definition) is 3. The van der Waals surface area contributed by atoms with E-state index in [9.17, 15) is 4.79 Å². The van der Waals surface area contributed by atoms with Crippen molar-refractivity contribution in [1.82, 2.24) is 14.5 Å². The topological polar surface area (TPSA) is 47.8 Å². The van der Waals surface area contributed by atoms with Gasteiger partial charge in [0.25, 0.3) is 0 Å². The van der Waals surface area contributed by atoms with Gasteiger partial charge in [0.2, 0.25) is 0 Å². The number of carbonyl (C=O) groups excluding carboxylic acids is 1. The fourth-order valence-electron chi connectivity index (χ4n) is 4.41. The van der Waals surface area contributed by atoms with Crippen LogP contribution in [0.15, 0.2) is 84.9 Å². The van der Waals surface area contributed by atoms with Gasteiger partial charge in [0.15, 0.2) is 5.78 Å². The summed E-state index contributed by atoms with van der Waals surface area (Å²) < 4.78 is 2.33. The van der Waals surface area contributed by atoms with Gasteiger partial charge in [-0.2, -0.15) is 0 Å². The predicted molar refractivity (Wildman–Crippen MR) is 134 cm³/mol. The minimum atomic E-state index is 0.0624. The molecule has 164 valence electrons. The number of hydrogen-bond donors (Lipinski definition) is 0. The molecule has 2 aromatic heterocycles. The Morgan fingerprint density at radius 2 is 1.55 bits per heavy atom. The Kier molecular flexibility index (Phi) is 5.99. The molecule has 0 saturated heterocycles. The number of benzene rings is 3. The molecule has 0 amide bonds. The van der Waals surface area contributed by atoms with Crippen molar-refractivity contribution in [3.63, 3.8) is 0 Å². The third-order valence-electron chi connectivity index (χ3n) is 6.10. The Bertz CT molecular complexity index is 1410. The van der Waals surface area contributed by atoms with E-state index in [2.05, 4.69) is 41.8 Å². The molecule has 2 heterocycles. The Labute approximate surface area is 193 Å². The minimum absolute atomic E-state index is 0.0624. The number of para-hydroxylation sites is 1. The number of pyridine rings is 1. The fraction of sp³-hybridized carbons (Fsp3) is 0.207. The van der Waals surface area contributed by atoms with Crippen LogP contribution in [0.5, 0.6) is 0 Å². The highest BCUT2D eigenvalue weighted by Gasteiger charge is 2.20. The number of fused-ring (bicyclic) bond motifs is 3. The molecule has 0 radical (unpaired) electrons. The van der Waals surface area contributed by atoms with Gasteiger partial charge >= 0.3 is 0 Å². The maximum absolute atomic E-state index is 13.1. The Balaban J connectivity index is 1.70. The number of unbranched alkanes of at least 4 members (excludes halogenated alkanes) is 1. The number of ketones is 1. The standard InChI is InChI=1S/C29H27N3O/c1-2-3-18-27-31-28-25(19-26(33)22-14-8-5-9-15-22)30-24-17-11-10-16-23(24)29(28)32(27)20-21-12-6-4-7-13-21/h4-17H,2-3,18-20H2,1H3. The second-order valence-electron chi connectivity index (χ2n) is 8.44. The van der Waals surface area contributed by atoms with E-state index in [4.69, 9.17) is 9.97 Å². The molecular weight excluding hydrogens is 406 g/mol. The fourth-order valence-corrected chi connectivity index (χ4v) is 4.41. The summed E-state index contributed by atoms with van der Waals surface area (Å²) in [6.45, 7) is 2.95. The van der Waals surface area contributed by atoms with Gasteiger partial charge in [-0.3, -0.25) is 4.79 Å². The number of aromatic nitrogens is 3. The van der Waals surface area contributed by atoms with Gasteiger partial charge in [0.05, 0.1) is 23.1 Å². The monoisotopic (exact) mass is 433 g/mol. The summed E-state index contributed by atoms with van der Waals surface area (Å²) >= 11 is 0. The molecule has 0 aliphatic heterocycles. The first kappa shape index (κ1) is 21.1. The molecule has 0 bridgehead atoms. The first-order chi connectivity index (χ1) is 16.2. The summed E-state index contributed by atoms with van der Waals surface area (Å²) in [5, 5.41) is 1.08. The average molecular weight is 434 g/mol. The Hall–Kier alpha value is -3.79. The van der Waals surface area contributed by atoms with Crippen LogP contribution >= 0.6 is 0 Å². The van der Waals surface area contributed by atoms with E-state index in [1.807, 2.05) is 54.6 Å². The highest BCUT2D eigenvalue weighted by molar-refractivity contribution is 6.06. The van der Waals surface area contributed by atoms with E-state index in [-0.39, 0.29) is 12.2 Å². The molecule has 0 saturated carbocycles. The molecule has 4 heteroatoms. The molecule has 4 nitrogen and oxygen atoms in total. The second-order valence-corrected chi connectivity index (χ2v) is 8.44. The van der Waals surface area contributed by atoms with Gasteiger partial charge in [0, 0.05) is 23.9 Å². The molecular formula is C29H27N3O. The SMILES string of the molecule is CCCCc1nc2c(CC(=O)c3ccccc3)nc3ccccc3c2n1Cc1ccccc1. The van der Waals surface area contributed by atoms with Crippen molar-refractivity contribution in [2.75, 3.05) is 0 Å². The van der Waals surface area contributed by atoms with Crippen LogP contribution in [0.3, 0.4) is 0 Å². The van der Waals surface area contributed by atoms with Crippen molar-refractivity contribution in [1.29, 1.82) is 0 Å². The zero-order valence-corrected chi connectivity index (χ0v) is 18.9. The van der Waals surface area contributed by atoms with Crippen LogP contribution in [-0.2, 0) is 19.4 Å². The van der Waals surface area contributed by atoms with Gasteiger partial charge in [-0.25, -0.2) is 9.97 Å². The number of rotatable bonds is 8. The molecule has 0 atom stereocenters. The summed E-state index contributed by atoms with van der Waals surface area (Å²) in [4.78, 5) is 23.1. The summed E-state index contributed by atoms with van der Waals surface area (Å²) in [7, 11) is 0. The van der Waals surface area contributed by atoms with Crippen LogP contribution in [0, 0.1) is 0 Å². The number of Topliss-reactive ketones (excluding diaryl/α,β-unsaturated/α-hetero) is 1. The summed E-state index contributed by atoms with van der Waals surface area (Å²) in [6, 6.07) is 28.1. The van der Waals surface area contributed by atoms with Gasteiger partial charge in [-0.15, -0.1) is 0 Å². The van der Waals surface area contributed by atoms with Crippen molar-refractivity contribution in [2.45, 2.75) is 39.2 Å². The van der Waals surface area contributed by atoms with Crippen LogP contribution in [-0.4, -0.2) is 20.3 Å². The lowest BCUT2D eigenvalue weighted by molar-refractivity contribution is 0.0992. The summed E-state index contributed by atoms with van der Waals surface area (Å²) in [5.41, 5.74) is 5.51. The smallest absolute Gasteiger partial charge is 0.168 e. The molecule has 33 heavy (non-hydrogen) atoms. The zero-order valence-electron chi connectivity index (χ0n) is 18.9. The lowest BCUT2D eigenvalue weighted by atomic mass is 10.0. The third kappa shape index (κ3) is 4.29. The second kappa shape index (κ2) is 9.37. The normalized spacial score (nSPS) is 11.3. The lowest BCUT2D eigenvalue weighted by Crippen LogP contribution is -2.07. The van der Waals surface area contributed by atoms with E-state index >= 15 is 0 Å². The van der Waals surface area contributed by atoms with E-state index in [0.717, 1.165) is 59.3 Å². The molecule has 5 aromatic rings. The summed E-state index contributed by atoms with van der Waals surface area (Å²) in [5.74, 6) is 1.12.